The average Bonchev–Trinajstić information content (AvgIpc) is 3.08. The highest BCUT2D eigenvalue weighted by atomic mass is 32.2. The number of thioether (sulfide) groups is 1. The van der Waals surface area contributed by atoms with Gasteiger partial charge in [0, 0.05) is 18.2 Å². The Hall–Kier alpha value is -2.22. The summed E-state index contributed by atoms with van der Waals surface area (Å²) in [6.07, 6.45) is 5.92. The van der Waals surface area contributed by atoms with E-state index < -0.39 is 0 Å². The van der Waals surface area contributed by atoms with Crippen LogP contribution in [0.2, 0.25) is 0 Å². The second-order valence-corrected chi connectivity index (χ2v) is 7.61. The van der Waals surface area contributed by atoms with Gasteiger partial charge in [-0.3, -0.25) is 4.79 Å². The second kappa shape index (κ2) is 9.12. The number of aromatic nitrogens is 3. The molecule has 3 rings (SSSR count). The van der Waals surface area contributed by atoms with Crippen LogP contribution in [0.4, 0.5) is 0 Å². The maximum Gasteiger partial charge on any atom is 0.233 e. The van der Waals surface area contributed by atoms with Crippen LogP contribution in [0, 0.1) is 0 Å². The molecule has 1 aromatic carbocycles. The molecular formula is C19H27N5O2S. The van der Waals surface area contributed by atoms with Crippen molar-refractivity contribution in [2.45, 2.75) is 50.2 Å². The number of methoxy groups -OCH3 is 1. The van der Waals surface area contributed by atoms with E-state index in [2.05, 4.69) is 10.2 Å². The van der Waals surface area contributed by atoms with Gasteiger partial charge in [0.05, 0.1) is 12.9 Å². The van der Waals surface area contributed by atoms with Gasteiger partial charge in [-0.2, -0.15) is 0 Å². The lowest BCUT2D eigenvalue weighted by atomic mass is 9.94. The lowest BCUT2D eigenvalue weighted by Crippen LogP contribution is -2.42. The summed E-state index contributed by atoms with van der Waals surface area (Å²) in [6.45, 7) is 2.79. The van der Waals surface area contributed by atoms with E-state index in [9.17, 15) is 4.79 Å². The van der Waals surface area contributed by atoms with Crippen molar-refractivity contribution in [3.8, 4) is 17.1 Å². The molecule has 0 spiro atoms. The van der Waals surface area contributed by atoms with Crippen LogP contribution in [0.15, 0.2) is 29.4 Å². The lowest BCUT2D eigenvalue weighted by Gasteiger charge is -2.33. The molecule has 1 aliphatic carbocycles. The maximum atomic E-state index is 12.7. The molecule has 0 bridgehead atoms. The summed E-state index contributed by atoms with van der Waals surface area (Å²) >= 11 is 1.33. The number of nitrogens with two attached hydrogens (primary N) is 1. The molecule has 2 N–H and O–H groups in total. The molecule has 0 saturated heterocycles. The predicted molar refractivity (Wildman–Crippen MR) is 107 cm³/mol. The van der Waals surface area contributed by atoms with Crippen molar-refractivity contribution in [3.63, 3.8) is 0 Å². The first-order valence-electron chi connectivity index (χ1n) is 9.41. The molecule has 0 unspecified atom stereocenters. The van der Waals surface area contributed by atoms with Crippen LogP contribution in [0.3, 0.4) is 0 Å². The molecule has 1 aromatic heterocycles. The zero-order valence-electron chi connectivity index (χ0n) is 15.9. The fourth-order valence-corrected chi connectivity index (χ4v) is 4.30. The Morgan fingerprint density at radius 3 is 2.59 bits per heavy atom. The maximum absolute atomic E-state index is 12.7. The van der Waals surface area contributed by atoms with Gasteiger partial charge in [0.15, 0.2) is 5.82 Å². The van der Waals surface area contributed by atoms with Gasteiger partial charge >= 0.3 is 0 Å². The summed E-state index contributed by atoms with van der Waals surface area (Å²) in [5.41, 5.74) is 0.848. The van der Waals surface area contributed by atoms with Crippen molar-refractivity contribution in [2.75, 3.05) is 25.3 Å². The van der Waals surface area contributed by atoms with Crippen LogP contribution in [0.5, 0.6) is 5.75 Å². The van der Waals surface area contributed by atoms with Gasteiger partial charge in [0.2, 0.25) is 11.1 Å². The van der Waals surface area contributed by atoms with E-state index in [0.717, 1.165) is 30.7 Å². The van der Waals surface area contributed by atoms with E-state index in [1.54, 1.807) is 7.11 Å². The highest BCUT2D eigenvalue weighted by Gasteiger charge is 2.24. The molecule has 1 saturated carbocycles. The quantitative estimate of drug-likeness (QED) is 0.579. The number of hydrogen-bond donors (Lipinski definition) is 1. The van der Waals surface area contributed by atoms with Crippen LogP contribution >= 0.6 is 11.8 Å². The predicted octanol–water partition coefficient (Wildman–Crippen LogP) is 2.94. The third kappa shape index (κ3) is 4.55. The summed E-state index contributed by atoms with van der Waals surface area (Å²) < 4.78 is 6.61. The lowest BCUT2D eigenvalue weighted by molar-refractivity contribution is -0.131. The minimum absolute atomic E-state index is 0.142. The van der Waals surface area contributed by atoms with E-state index in [0.29, 0.717) is 22.8 Å². The number of nitrogen functional groups attached to an aromatic ring is 1. The first kappa shape index (κ1) is 19.5. The second-order valence-electron chi connectivity index (χ2n) is 6.66. The molecule has 2 aromatic rings. The number of carbonyl (C=O) groups is 1. The highest BCUT2D eigenvalue weighted by molar-refractivity contribution is 7.99. The number of rotatable bonds is 7. The molecule has 7 nitrogen and oxygen atoms in total. The topological polar surface area (TPSA) is 86.3 Å². The van der Waals surface area contributed by atoms with Crippen molar-refractivity contribution in [1.29, 1.82) is 0 Å². The summed E-state index contributed by atoms with van der Waals surface area (Å²) in [7, 11) is 1.62. The molecule has 0 atom stereocenters. The zero-order chi connectivity index (χ0) is 19.2. The van der Waals surface area contributed by atoms with Gasteiger partial charge < -0.3 is 15.5 Å². The Labute approximate surface area is 164 Å². The Balaban J connectivity index is 1.63. The molecule has 0 aliphatic heterocycles. The largest absolute Gasteiger partial charge is 0.497 e. The minimum Gasteiger partial charge on any atom is -0.497 e. The number of nitrogens with zero attached hydrogens (tertiary/aromatic N) is 4. The van der Waals surface area contributed by atoms with Crippen molar-refractivity contribution in [1.82, 2.24) is 19.8 Å². The molecule has 1 heterocycles. The Morgan fingerprint density at radius 2 is 1.96 bits per heavy atom. The van der Waals surface area contributed by atoms with E-state index in [1.165, 1.54) is 35.7 Å². The summed E-state index contributed by atoms with van der Waals surface area (Å²) in [5.74, 6) is 7.95. The first-order valence-corrected chi connectivity index (χ1v) is 10.4. The van der Waals surface area contributed by atoms with Gasteiger partial charge in [0.25, 0.3) is 0 Å². The molecule has 8 heteroatoms. The monoisotopic (exact) mass is 389 g/mol. The highest BCUT2D eigenvalue weighted by Crippen LogP contribution is 2.26. The smallest absolute Gasteiger partial charge is 0.233 e. The van der Waals surface area contributed by atoms with E-state index in [1.807, 2.05) is 36.1 Å². The first-order chi connectivity index (χ1) is 13.1. The SMILES string of the molecule is CCN(C(=O)CSc1nnc(-c2ccc(OC)cc2)n1N)C1CCCCC1. The van der Waals surface area contributed by atoms with Crippen LogP contribution in [-0.4, -0.2) is 51.1 Å². The average molecular weight is 390 g/mol. The van der Waals surface area contributed by atoms with Gasteiger partial charge in [0.1, 0.15) is 5.75 Å². The summed E-state index contributed by atoms with van der Waals surface area (Å²) in [4.78, 5) is 14.7. The van der Waals surface area contributed by atoms with Crippen LogP contribution in [0.1, 0.15) is 39.0 Å². The number of hydrogen-bond acceptors (Lipinski definition) is 6. The van der Waals surface area contributed by atoms with Crippen LogP contribution in [-0.2, 0) is 4.79 Å². The summed E-state index contributed by atoms with van der Waals surface area (Å²) in [5, 5.41) is 8.86. The fraction of sp³-hybridized carbons (Fsp3) is 0.526. The number of carbonyl (C=O) groups excluding carboxylic acids is 1. The minimum atomic E-state index is 0.142. The third-order valence-electron chi connectivity index (χ3n) is 5.01. The number of benzene rings is 1. The van der Waals surface area contributed by atoms with Crippen molar-refractivity contribution in [3.05, 3.63) is 24.3 Å². The van der Waals surface area contributed by atoms with Crippen molar-refractivity contribution < 1.29 is 9.53 Å². The molecule has 1 aliphatic rings. The molecule has 27 heavy (non-hydrogen) atoms. The molecule has 1 amide bonds. The van der Waals surface area contributed by atoms with E-state index in [4.69, 9.17) is 10.6 Å². The fourth-order valence-electron chi connectivity index (χ4n) is 3.55. The van der Waals surface area contributed by atoms with Crippen LogP contribution in [0.25, 0.3) is 11.4 Å². The standard InChI is InChI=1S/C19H27N5O2S/c1-3-23(15-7-5-4-6-8-15)17(25)13-27-19-22-21-18(24(19)20)14-9-11-16(26-2)12-10-14/h9-12,15H,3-8,13,20H2,1-2H3. The van der Waals surface area contributed by atoms with Gasteiger partial charge in [-0.15, -0.1) is 10.2 Å². The Bertz CT molecular complexity index is 756. The van der Waals surface area contributed by atoms with E-state index in [-0.39, 0.29) is 5.91 Å². The van der Waals surface area contributed by atoms with Crippen LogP contribution < -0.4 is 10.6 Å². The summed E-state index contributed by atoms with van der Waals surface area (Å²) in [6, 6.07) is 7.84. The Kier molecular flexibility index (Phi) is 6.60. The van der Waals surface area contributed by atoms with Gasteiger partial charge in [-0.25, -0.2) is 4.68 Å². The van der Waals surface area contributed by atoms with Gasteiger partial charge in [-0.1, -0.05) is 31.0 Å². The normalized spacial score (nSPS) is 14.9. The Morgan fingerprint density at radius 1 is 1.26 bits per heavy atom. The van der Waals surface area contributed by atoms with Crippen molar-refractivity contribution >= 4 is 17.7 Å². The van der Waals surface area contributed by atoms with Gasteiger partial charge in [-0.05, 0) is 44.0 Å². The van der Waals surface area contributed by atoms with Crippen molar-refractivity contribution in [2.24, 2.45) is 0 Å². The molecule has 146 valence electrons. The zero-order valence-corrected chi connectivity index (χ0v) is 16.7. The molecule has 1 fully saturated rings. The molecular weight excluding hydrogens is 362 g/mol. The number of ether oxygens (including phenoxy) is 1. The third-order valence-corrected chi connectivity index (χ3v) is 5.94. The number of amides is 1. The molecule has 0 radical (unpaired) electrons. The van der Waals surface area contributed by atoms with E-state index >= 15 is 0 Å².